The molecule has 0 aliphatic carbocycles. The number of nitrogens with one attached hydrogen (secondary N) is 1. The zero-order valence-electron chi connectivity index (χ0n) is 12.1. The molecule has 4 amide bonds. The number of aryl methyl sites for hydroxylation is 1. The molecule has 0 bridgehead atoms. The van der Waals surface area contributed by atoms with Crippen molar-refractivity contribution in [1.82, 2.24) is 24.4 Å². The highest BCUT2D eigenvalue weighted by Gasteiger charge is 2.31. The van der Waals surface area contributed by atoms with E-state index < -0.39 is 17.8 Å². The first-order chi connectivity index (χ1) is 10.4. The van der Waals surface area contributed by atoms with E-state index in [9.17, 15) is 14.4 Å². The van der Waals surface area contributed by atoms with Crippen LogP contribution in [0, 0.1) is 6.92 Å². The molecule has 2 aromatic heterocycles. The van der Waals surface area contributed by atoms with Gasteiger partial charge in [0.25, 0.3) is 0 Å². The molecule has 3 heterocycles. The first-order valence-corrected chi connectivity index (χ1v) is 6.62. The average molecular weight is 302 g/mol. The number of aromatic nitrogens is 3. The minimum atomic E-state index is -0.508. The fourth-order valence-corrected chi connectivity index (χ4v) is 2.15. The van der Waals surface area contributed by atoms with E-state index in [0.29, 0.717) is 17.2 Å². The fourth-order valence-electron chi connectivity index (χ4n) is 2.15. The van der Waals surface area contributed by atoms with Gasteiger partial charge in [0.1, 0.15) is 18.9 Å². The normalized spacial score (nSPS) is 15.5. The summed E-state index contributed by atoms with van der Waals surface area (Å²) in [5, 5.41) is 6.80. The van der Waals surface area contributed by atoms with Crippen LogP contribution in [0.4, 0.5) is 10.5 Å². The number of imide groups is 1. The molecule has 0 saturated carbocycles. The minimum absolute atomic E-state index is 0.126. The Bertz CT molecular complexity index is 765. The Morgan fingerprint density at radius 2 is 1.91 bits per heavy atom. The van der Waals surface area contributed by atoms with Gasteiger partial charge in [-0.3, -0.25) is 14.5 Å². The highest BCUT2D eigenvalue weighted by atomic mass is 16.2. The van der Waals surface area contributed by atoms with Gasteiger partial charge in [0, 0.05) is 7.05 Å². The van der Waals surface area contributed by atoms with Crippen molar-refractivity contribution in [3.05, 3.63) is 24.2 Å². The number of likely N-dealkylation sites (N-methyl/N-ethyl adjacent to an activating group) is 1. The Hall–Kier alpha value is -2.97. The van der Waals surface area contributed by atoms with E-state index in [-0.39, 0.29) is 13.1 Å². The summed E-state index contributed by atoms with van der Waals surface area (Å²) in [5.41, 5.74) is 1.17. The van der Waals surface area contributed by atoms with Crippen LogP contribution in [0.5, 0.6) is 0 Å². The molecule has 9 heteroatoms. The van der Waals surface area contributed by atoms with Gasteiger partial charge in [-0.25, -0.2) is 14.3 Å². The third-order valence-corrected chi connectivity index (χ3v) is 3.38. The largest absolute Gasteiger partial charge is 0.322 e. The predicted molar refractivity (Wildman–Crippen MR) is 76.1 cm³/mol. The topological polar surface area (TPSA) is 99.9 Å². The maximum atomic E-state index is 12.2. The molecular formula is C13H14N6O3. The van der Waals surface area contributed by atoms with E-state index in [1.807, 2.05) is 0 Å². The van der Waals surface area contributed by atoms with Crippen molar-refractivity contribution in [2.45, 2.75) is 6.92 Å². The Kier molecular flexibility index (Phi) is 3.24. The van der Waals surface area contributed by atoms with Gasteiger partial charge in [-0.1, -0.05) is 0 Å². The van der Waals surface area contributed by atoms with Gasteiger partial charge in [-0.2, -0.15) is 5.10 Å². The molecule has 1 saturated heterocycles. The van der Waals surface area contributed by atoms with Crippen molar-refractivity contribution < 1.29 is 14.4 Å². The molecule has 0 unspecified atom stereocenters. The van der Waals surface area contributed by atoms with Crippen molar-refractivity contribution in [3.63, 3.8) is 0 Å². The van der Waals surface area contributed by atoms with Crippen LogP contribution in [0.3, 0.4) is 0 Å². The molecule has 0 atom stereocenters. The van der Waals surface area contributed by atoms with Crippen molar-refractivity contribution >= 4 is 29.2 Å². The van der Waals surface area contributed by atoms with Crippen LogP contribution >= 0.6 is 0 Å². The highest BCUT2D eigenvalue weighted by Crippen LogP contribution is 2.11. The summed E-state index contributed by atoms with van der Waals surface area (Å²) in [6, 6.07) is 2.89. The number of hydrogen-bond donors (Lipinski definition) is 1. The third kappa shape index (κ3) is 2.48. The minimum Gasteiger partial charge on any atom is -0.306 e. The van der Waals surface area contributed by atoms with E-state index in [1.54, 1.807) is 29.8 Å². The number of rotatable bonds is 1. The number of pyridine rings is 1. The molecule has 22 heavy (non-hydrogen) atoms. The van der Waals surface area contributed by atoms with Crippen molar-refractivity contribution in [1.29, 1.82) is 0 Å². The summed E-state index contributed by atoms with van der Waals surface area (Å²) < 4.78 is 1.55. The molecule has 3 rings (SSSR count). The first-order valence-electron chi connectivity index (χ1n) is 6.62. The Labute approximate surface area is 125 Å². The van der Waals surface area contributed by atoms with E-state index in [1.165, 1.54) is 11.9 Å². The van der Waals surface area contributed by atoms with Gasteiger partial charge in [0.05, 0.1) is 11.9 Å². The molecule has 1 aliphatic rings. The summed E-state index contributed by atoms with van der Waals surface area (Å²) in [7, 11) is 1.40. The monoisotopic (exact) mass is 302 g/mol. The zero-order chi connectivity index (χ0) is 15.9. The summed E-state index contributed by atoms with van der Waals surface area (Å²) >= 11 is 0. The molecule has 1 N–H and O–H groups in total. The van der Waals surface area contributed by atoms with Gasteiger partial charge in [0.2, 0.25) is 11.8 Å². The third-order valence-electron chi connectivity index (χ3n) is 3.38. The quantitative estimate of drug-likeness (QED) is 0.740. The first kappa shape index (κ1) is 14.0. The number of hydrogen-bond acceptors (Lipinski definition) is 5. The molecular weight excluding hydrogens is 288 g/mol. The van der Waals surface area contributed by atoms with Gasteiger partial charge in [0.15, 0.2) is 5.65 Å². The van der Waals surface area contributed by atoms with Crippen LogP contribution in [0.1, 0.15) is 5.82 Å². The fraction of sp³-hybridized carbons (Fsp3) is 0.308. The van der Waals surface area contributed by atoms with Crippen LogP contribution in [0.25, 0.3) is 5.65 Å². The molecule has 0 radical (unpaired) electrons. The number of anilines is 1. The maximum absolute atomic E-state index is 12.2. The lowest BCUT2D eigenvalue weighted by Crippen LogP contribution is -2.54. The summed E-state index contributed by atoms with van der Waals surface area (Å²) in [6.07, 6.45) is 1.62. The standard InChI is InChI=1S/C13H14N6O3/c1-8-14-10-4-3-9(5-19(10)16-8)15-13(22)18-6-11(20)17(2)12(21)7-18/h3-5H,6-7H2,1-2H3,(H,15,22). The number of piperazine rings is 1. The number of urea groups is 1. The van der Waals surface area contributed by atoms with Crippen LogP contribution in [0.15, 0.2) is 18.3 Å². The molecule has 1 fully saturated rings. The summed E-state index contributed by atoms with van der Waals surface area (Å²) in [5.74, 6) is -0.193. The van der Waals surface area contributed by atoms with Gasteiger partial charge in [-0.15, -0.1) is 0 Å². The van der Waals surface area contributed by atoms with Gasteiger partial charge >= 0.3 is 6.03 Å². The zero-order valence-corrected chi connectivity index (χ0v) is 12.1. The second kappa shape index (κ2) is 5.10. The molecule has 1 aliphatic heterocycles. The van der Waals surface area contributed by atoms with E-state index >= 15 is 0 Å². The molecule has 2 aromatic rings. The summed E-state index contributed by atoms with van der Waals surface area (Å²) in [4.78, 5) is 41.7. The second-order valence-electron chi connectivity index (χ2n) is 5.01. The Morgan fingerprint density at radius 1 is 1.23 bits per heavy atom. The smallest absolute Gasteiger partial charge is 0.306 e. The number of amides is 4. The molecule has 0 spiro atoms. The van der Waals surface area contributed by atoms with E-state index in [2.05, 4.69) is 15.4 Å². The second-order valence-corrected chi connectivity index (χ2v) is 5.01. The Balaban J connectivity index is 1.75. The van der Waals surface area contributed by atoms with Crippen molar-refractivity contribution in [2.24, 2.45) is 0 Å². The van der Waals surface area contributed by atoms with E-state index in [4.69, 9.17) is 0 Å². The lowest BCUT2D eigenvalue weighted by Gasteiger charge is -2.30. The van der Waals surface area contributed by atoms with Gasteiger partial charge in [-0.05, 0) is 19.1 Å². The van der Waals surface area contributed by atoms with Crippen LogP contribution in [-0.2, 0) is 9.59 Å². The molecule has 0 aromatic carbocycles. The number of carbonyl (C=O) groups excluding carboxylic acids is 3. The van der Waals surface area contributed by atoms with Gasteiger partial charge < -0.3 is 10.2 Å². The average Bonchev–Trinajstić information content (AvgIpc) is 2.83. The number of fused-ring (bicyclic) bond motifs is 1. The maximum Gasteiger partial charge on any atom is 0.322 e. The van der Waals surface area contributed by atoms with Crippen molar-refractivity contribution in [2.75, 3.05) is 25.5 Å². The van der Waals surface area contributed by atoms with Crippen LogP contribution in [-0.4, -0.2) is 62.4 Å². The molecule has 114 valence electrons. The van der Waals surface area contributed by atoms with Crippen LogP contribution < -0.4 is 5.32 Å². The lowest BCUT2D eigenvalue weighted by atomic mass is 10.3. The Morgan fingerprint density at radius 3 is 2.59 bits per heavy atom. The lowest BCUT2D eigenvalue weighted by molar-refractivity contribution is -0.147. The van der Waals surface area contributed by atoms with Crippen LogP contribution in [0.2, 0.25) is 0 Å². The predicted octanol–water partition coefficient (Wildman–Crippen LogP) is -0.130. The summed E-state index contributed by atoms with van der Waals surface area (Å²) in [6.45, 7) is 1.52. The van der Waals surface area contributed by atoms with Crippen molar-refractivity contribution in [3.8, 4) is 0 Å². The highest BCUT2D eigenvalue weighted by molar-refractivity contribution is 6.04. The number of nitrogens with zero attached hydrogens (tertiary/aromatic N) is 5. The molecule has 9 nitrogen and oxygen atoms in total. The SMILES string of the molecule is Cc1nc2ccc(NC(=O)N3CC(=O)N(C)C(=O)C3)cn2n1. The number of carbonyl (C=O) groups is 3. The van der Waals surface area contributed by atoms with E-state index in [0.717, 1.165) is 4.90 Å².